The Morgan fingerprint density at radius 1 is 1.39 bits per heavy atom. The summed E-state index contributed by atoms with van der Waals surface area (Å²) in [5, 5.41) is 7.68. The maximum Gasteiger partial charge on any atom is 0.271 e. The lowest BCUT2D eigenvalue weighted by atomic mass is 9.87. The van der Waals surface area contributed by atoms with Crippen LogP contribution in [0.5, 0.6) is 0 Å². The van der Waals surface area contributed by atoms with E-state index in [-0.39, 0.29) is 11.9 Å². The molecule has 0 bridgehead atoms. The van der Waals surface area contributed by atoms with E-state index in [0.717, 1.165) is 18.8 Å². The van der Waals surface area contributed by atoms with Crippen LogP contribution in [0.1, 0.15) is 48.8 Å². The first-order valence-electron chi connectivity index (χ1n) is 6.49. The van der Waals surface area contributed by atoms with E-state index in [1.807, 2.05) is 0 Å². The van der Waals surface area contributed by atoms with E-state index in [1.165, 1.54) is 12.8 Å². The molecule has 1 aromatic rings. The van der Waals surface area contributed by atoms with Gasteiger partial charge in [-0.2, -0.15) is 5.10 Å². The molecule has 1 N–H and O–H groups in total. The Balaban J connectivity index is 2.04. The molecule has 18 heavy (non-hydrogen) atoms. The fourth-order valence-electron chi connectivity index (χ4n) is 2.54. The molecule has 4 nitrogen and oxygen atoms in total. The second kappa shape index (κ2) is 5.31. The molecule has 1 aromatic heterocycles. The van der Waals surface area contributed by atoms with Gasteiger partial charge in [-0.15, -0.1) is 0 Å². The van der Waals surface area contributed by atoms with Crippen molar-refractivity contribution in [3.8, 4) is 0 Å². The molecule has 0 unspecified atom stereocenters. The van der Waals surface area contributed by atoms with Crippen molar-refractivity contribution in [2.24, 2.45) is 13.0 Å². The molecule has 1 aliphatic rings. The number of hydrogen-bond donors (Lipinski definition) is 1. The number of carbonyl (C=O) groups excluding carboxylic acids is 1. The van der Waals surface area contributed by atoms with Crippen molar-refractivity contribution in [1.29, 1.82) is 0 Å². The maximum atomic E-state index is 12.2. The number of aryl methyl sites for hydroxylation is 2. The molecule has 1 aliphatic carbocycles. The van der Waals surface area contributed by atoms with E-state index < -0.39 is 0 Å². The van der Waals surface area contributed by atoms with Gasteiger partial charge >= 0.3 is 0 Å². The average Bonchev–Trinajstić information content (AvgIpc) is 2.56. The number of nitrogens with zero attached hydrogens (tertiary/aromatic N) is 2. The van der Waals surface area contributed by atoms with E-state index >= 15 is 0 Å². The van der Waals surface area contributed by atoms with Gasteiger partial charge in [0.15, 0.2) is 0 Å². The molecule has 2 rings (SSSR count). The van der Waals surface area contributed by atoms with Crippen LogP contribution in [-0.4, -0.2) is 21.7 Å². The Labute approximate surface area is 113 Å². The zero-order valence-corrected chi connectivity index (χ0v) is 11.9. The van der Waals surface area contributed by atoms with E-state index in [2.05, 4.69) is 17.3 Å². The molecule has 1 heterocycles. The van der Waals surface area contributed by atoms with E-state index in [9.17, 15) is 4.79 Å². The number of carbonyl (C=O) groups is 1. The van der Waals surface area contributed by atoms with Crippen LogP contribution in [-0.2, 0) is 7.05 Å². The minimum Gasteiger partial charge on any atom is -0.348 e. The molecular formula is C13H20ClN3O. The molecule has 1 amide bonds. The van der Waals surface area contributed by atoms with Gasteiger partial charge in [0.2, 0.25) is 0 Å². The Bertz CT molecular complexity index is 447. The number of nitrogens with one attached hydrogen (secondary N) is 1. The Morgan fingerprint density at radius 2 is 2.00 bits per heavy atom. The Morgan fingerprint density at radius 3 is 2.50 bits per heavy atom. The molecule has 0 aromatic carbocycles. The van der Waals surface area contributed by atoms with Crippen molar-refractivity contribution in [1.82, 2.24) is 15.1 Å². The van der Waals surface area contributed by atoms with E-state index in [0.29, 0.717) is 16.4 Å². The topological polar surface area (TPSA) is 46.9 Å². The molecule has 1 saturated carbocycles. The van der Waals surface area contributed by atoms with E-state index in [4.69, 9.17) is 11.6 Å². The third-order valence-corrected chi connectivity index (χ3v) is 4.17. The molecule has 1 fully saturated rings. The van der Waals surface area contributed by atoms with Crippen LogP contribution in [0.15, 0.2) is 0 Å². The van der Waals surface area contributed by atoms with Gasteiger partial charge < -0.3 is 5.32 Å². The largest absolute Gasteiger partial charge is 0.348 e. The third kappa shape index (κ3) is 2.69. The quantitative estimate of drug-likeness (QED) is 0.897. The van der Waals surface area contributed by atoms with Gasteiger partial charge in [0.1, 0.15) is 5.69 Å². The molecule has 0 saturated heterocycles. The molecular weight excluding hydrogens is 250 g/mol. The van der Waals surface area contributed by atoms with Crippen molar-refractivity contribution in [3.05, 3.63) is 16.4 Å². The highest BCUT2D eigenvalue weighted by Gasteiger charge is 2.24. The predicted molar refractivity (Wildman–Crippen MR) is 71.8 cm³/mol. The second-order valence-corrected chi connectivity index (χ2v) is 5.68. The predicted octanol–water partition coefficient (Wildman–Crippen LogP) is 2.69. The molecule has 0 aliphatic heterocycles. The van der Waals surface area contributed by atoms with E-state index in [1.54, 1.807) is 18.7 Å². The van der Waals surface area contributed by atoms with Gasteiger partial charge in [0, 0.05) is 13.1 Å². The molecule has 0 spiro atoms. The minimum absolute atomic E-state index is 0.109. The summed E-state index contributed by atoms with van der Waals surface area (Å²) in [4.78, 5) is 12.2. The smallest absolute Gasteiger partial charge is 0.271 e. The minimum atomic E-state index is -0.109. The van der Waals surface area contributed by atoms with Crippen LogP contribution >= 0.6 is 11.6 Å². The summed E-state index contributed by atoms with van der Waals surface area (Å²) in [6.07, 6.45) is 4.48. The summed E-state index contributed by atoms with van der Waals surface area (Å²) in [5.74, 6) is 0.670. The van der Waals surface area contributed by atoms with Crippen molar-refractivity contribution in [3.63, 3.8) is 0 Å². The van der Waals surface area contributed by atoms with Crippen molar-refractivity contribution in [2.75, 3.05) is 0 Å². The third-order valence-electron chi connectivity index (χ3n) is 3.72. The van der Waals surface area contributed by atoms with Crippen LogP contribution in [0.2, 0.25) is 5.02 Å². The number of rotatable bonds is 2. The summed E-state index contributed by atoms with van der Waals surface area (Å²) in [5.41, 5.74) is 1.16. The highest BCUT2D eigenvalue weighted by atomic mass is 35.5. The summed E-state index contributed by atoms with van der Waals surface area (Å²) < 4.78 is 1.55. The monoisotopic (exact) mass is 269 g/mol. The number of hydrogen-bond acceptors (Lipinski definition) is 2. The highest BCUT2D eigenvalue weighted by Crippen LogP contribution is 2.24. The molecule has 100 valence electrons. The first kappa shape index (κ1) is 13.4. The van der Waals surface area contributed by atoms with Crippen molar-refractivity contribution < 1.29 is 4.79 Å². The van der Waals surface area contributed by atoms with Crippen LogP contribution in [0, 0.1) is 12.8 Å². The summed E-state index contributed by atoms with van der Waals surface area (Å²) in [6, 6.07) is 0.278. The van der Waals surface area contributed by atoms with Gasteiger partial charge in [-0.25, -0.2) is 0 Å². The number of aromatic nitrogens is 2. The highest BCUT2D eigenvalue weighted by molar-refractivity contribution is 6.34. The molecule has 5 heteroatoms. The summed E-state index contributed by atoms with van der Waals surface area (Å²) in [7, 11) is 1.75. The standard InChI is InChI=1S/C13H20ClN3O/c1-8-4-6-10(7-5-8)15-13(18)12-11(14)9(2)16-17(12)3/h8,10H,4-7H2,1-3H3,(H,15,18). The van der Waals surface area contributed by atoms with Crippen molar-refractivity contribution in [2.45, 2.75) is 45.6 Å². The second-order valence-electron chi connectivity index (χ2n) is 5.30. The first-order chi connectivity index (χ1) is 8.49. The van der Waals surface area contributed by atoms with Gasteiger partial charge in [-0.1, -0.05) is 18.5 Å². The first-order valence-corrected chi connectivity index (χ1v) is 6.86. The van der Waals surface area contributed by atoms with Gasteiger partial charge in [-0.05, 0) is 38.5 Å². The van der Waals surface area contributed by atoms with Crippen LogP contribution in [0.3, 0.4) is 0 Å². The van der Waals surface area contributed by atoms with Gasteiger partial charge in [0.25, 0.3) is 5.91 Å². The lowest BCUT2D eigenvalue weighted by Crippen LogP contribution is -2.38. The Kier molecular flexibility index (Phi) is 3.95. The lowest BCUT2D eigenvalue weighted by molar-refractivity contribution is 0.0913. The summed E-state index contributed by atoms with van der Waals surface area (Å²) >= 11 is 6.11. The fraction of sp³-hybridized carbons (Fsp3) is 0.692. The average molecular weight is 270 g/mol. The zero-order chi connectivity index (χ0) is 13.3. The lowest BCUT2D eigenvalue weighted by Gasteiger charge is -2.26. The van der Waals surface area contributed by atoms with Crippen LogP contribution in [0.25, 0.3) is 0 Å². The normalized spacial score (nSPS) is 24.0. The SMILES string of the molecule is Cc1nn(C)c(C(=O)NC2CCC(C)CC2)c1Cl. The van der Waals surface area contributed by atoms with Gasteiger partial charge in [-0.3, -0.25) is 9.48 Å². The van der Waals surface area contributed by atoms with Crippen LogP contribution < -0.4 is 5.32 Å². The number of amides is 1. The number of halogens is 1. The van der Waals surface area contributed by atoms with Crippen molar-refractivity contribution >= 4 is 17.5 Å². The Hall–Kier alpha value is -1.03. The van der Waals surface area contributed by atoms with Crippen LogP contribution in [0.4, 0.5) is 0 Å². The fourth-order valence-corrected chi connectivity index (χ4v) is 2.78. The molecule has 0 radical (unpaired) electrons. The zero-order valence-electron chi connectivity index (χ0n) is 11.2. The molecule has 0 atom stereocenters. The van der Waals surface area contributed by atoms with Gasteiger partial charge in [0.05, 0.1) is 10.7 Å². The summed E-state index contributed by atoms with van der Waals surface area (Å²) in [6.45, 7) is 4.07. The maximum absolute atomic E-state index is 12.2.